The van der Waals surface area contributed by atoms with Crippen molar-refractivity contribution >= 4 is 0 Å². The smallest absolute Gasteiger partial charge is 0.184 e. The maximum Gasteiger partial charge on any atom is 0.184 e. The first-order chi connectivity index (χ1) is 6.94. The molecule has 2 N–H and O–H groups in total. The summed E-state index contributed by atoms with van der Waals surface area (Å²) in [4.78, 5) is 0. The summed E-state index contributed by atoms with van der Waals surface area (Å²) in [6.07, 6.45) is -5.11. The summed E-state index contributed by atoms with van der Waals surface area (Å²) in [5.41, 5.74) is 0. The Hall–Kier alpha value is -0.270. The van der Waals surface area contributed by atoms with E-state index < -0.39 is 43.2 Å². The van der Waals surface area contributed by atoms with Gasteiger partial charge in [0.25, 0.3) is 0 Å². The molecule has 6 heteroatoms. The molecule has 2 aliphatic heterocycles. The van der Waals surface area contributed by atoms with Crippen LogP contribution in [0.25, 0.3) is 0 Å². The molecule has 0 aromatic carbocycles. The average Bonchev–Trinajstić information content (AvgIpc) is 2.61. The predicted molar refractivity (Wildman–Crippen MR) is 46.7 cm³/mol. The van der Waals surface area contributed by atoms with Crippen LogP contribution in [0.2, 0.25) is 0 Å². The van der Waals surface area contributed by atoms with Gasteiger partial charge in [-0.3, -0.25) is 0 Å². The molecule has 0 spiro atoms. The van der Waals surface area contributed by atoms with Crippen LogP contribution < -0.4 is 0 Å². The van der Waals surface area contributed by atoms with Crippen molar-refractivity contribution in [1.29, 1.82) is 0 Å². The Bertz CT molecular complexity index is 247. The average molecular weight is 222 g/mol. The first-order valence-electron chi connectivity index (χ1n) is 4.89. The van der Waals surface area contributed by atoms with E-state index >= 15 is 0 Å². The molecule has 5 nitrogen and oxygen atoms in total. The van der Waals surface area contributed by atoms with Crippen molar-refractivity contribution in [3.05, 3.63) is 0 Å². The molecule has 5 atom stereocenters. The number of hydrogen-bond acceptors (Lipinski definition) is 5. The SMILES string of the molecule is CC1(C)O[C@H]2[C@@H]([C@H](F)CO)OC(O)[C@H]2O1. The van der Waals surface area contributed by atoms with Crippen molar-refractivity contribution in [1.82, 2.24) is 0 Å². The minimum Gasteiger partial charge on any atom is -0.393 e. The lowest BCUT2D eigenvalue weighted by atomic mass is 10.1. The summed E-state index contributed by atoms with van der Waals surface area (Å²) < 4.78 is 29.0. The third-order valence-corrected chi connectivity index (χ3v) is 2.60. The largest absolute Gasteiger partial charge is 0.393 e. The Morgan fingerprint density at radius 2 is 1.93 bits per heavy atom. The molecule has 0 bridgehead atoms. The van der Waals surface area contributed by atoms with E-state index in [1.54, 1.807) is 13.8 Å². The van der Waals surface area contributed by atoms with Crippen LogP contribution in [0.3, 0.4) is 0 Å². The highest BCUT2D eigenvalue weighted by atomic mass is 19.1. The Labute approximate surface area is 86.7 Å². The van der Waals surface area contributed by atoms with E-state index in [1.165, 1.54) is 0 Å². The second-order valence-electron chi connectivity index (χ2n) is 4.25. The Kier molecular flexibility index (Phi) is 2.72. The molecular formula is C9H15FO5. The number of fused-ring (bicyclic) bond motifs is 1. The second kappa shape index (κ2) is 3.64. The van der Waals surface area contributed by atoms with E-state index in [4.69, 9.17) is 19.3 Å². The molecule has 0 aromatic rings. The molecule has 2 saturated heterocycles. The van der Waals surface area contributed by atoms with Gasteiger partial charge in [-0.05, 0) is 13.8 Å². The van der Waals surface area contributed by atoms with Crippen LogP contribution in [0.5, 0.6) is 0 Å². The van der Waals surface area contributed by atoms with Gasteiger partial charge in [0, 0.05) is 0 Å². The summed E-state index contributed by atoms with van der Waals surface area (Å²) in [5.74, 6) is -0.854. The monoisotopic (exact) mass is 222 g/mol. The summed E-state index contributed by atoms with van der Waals surface area (Å²) in [5, 5.41) is 18.2. The lowest BCUT2D eigenvalue weighted by molar-refractivity contribution is -0.227. The molecule has 0 amide bonds. The zero-order chi connectivity index (χ0) is 11.2. The summed E-state index contributed by atoms with van der Waals surface area (Å²) in [6, 6.07) is 0. The van der Waals surface area contributed by atoms with Gasteiger partial charge in [0.05, 0.1) is 6.61 Å². The van der Waals surface area contributed by atoms with Crippen molar-refractivity contribution in [2.45, 2.75) is 50.4 Å². The highest BCUT2D eigenvalue weighted by molar-refractivity contribution is 4.97. The number of halogens is 1. The maximum atomic E-state index is 13.3. The number of alkyl halides is 1. The van der Waals surface area contributed by atoms with Crippen LogP contribution >= 0.6 is 0 Å². The zero-order valence-corrected chi connectivity index (χ0v) is 8.59. The second-order valence-corrected chi connectivity index (χ2v) is 4.25. The lowest BCUT2D eigenvalue weighted by Gasteiger charge is -2.23. The van der Waals surface area contributed by atoms with Crippen LogP contribution in [0.4, 0.5) is 4.39 Å². The first kappa shape index (κ1) is 11.2. The molecular weight excluding hydrogens is 207 g/mol. The van der Waals surface area contributed by atoms with Gasteiger partial charge in [-0.2, -0.15) is 0 Å². The van der Waals surface area contributed by atoms with E-state index in [1.807, 2.05) is 0 Å². The van der Waals surface area contributed by atoms with Gasteiger partial charge in [0.15, 0.2) is 18.2 Å². The Morgan fingerprint density at radius 1 is 1.33 bits per heavy atom. The topological polar surface area (TPSA) is 68.2 Å². The van der Waals surface area contributed by atoms with Gasteiger partial charge < -0.3 is 24.4 Å². The summed E-state index contributed by atoms with van der Waals surface area (Å²) in [6.45, 7) is 2.70. The summed E-state index contributed by atoms with van der Waals surface area (Å²) >= 11 is 0. The van der Waals surface area contributed by atoms with Crippen molar-refractivity contribution in [2.24, 2.45) is 0 Å². The fourth-order valence-electron chi connectivity index (χ4n) is 2.00. The molecule has 0 radical (unpaired) electrons. The van der Waals surface area contributed by atoms with E-state index in [0.29, 0.717) is 0 Å². The lowest BCUT2D eigenvalue weighted by Crippen LogP contribution is -2.38. The van der Waals surface area contributed by atoms with Gasteiger partial charge in [-0.15, -0.1) is 0 Å². The van der Waals surface area contributed by atoms with Crippen LogP contribution in [0.1, 0.15) is 13.8 Å². The van der Waals surface area contributed by atoms with Crippen molar-refractivity contribution < 1.29 is 28.8 Å². The highest BCUT2D eigenvalue weighted by Crippen LogP contribution is 2.39. The van der Waals surface area contributed by atoms with Crippen molar-refractivity contribution in [2.75, 3.05) is 6.61 Å². The Morgan fingerprint density at radius 3 is 2.53 bits per heavy atom. The van der Waals surface area contributed by atoms with Crippen LogP contribution in [-0.2, 0) is 14.2 Å². The predicted octanol–water partition coefficient (Wildman–Crippen LogP) is -0.446. The number of aliphatic hydroxyl groups excluding tert-OH is 2. The minimum absolute atomic E-state index is 0.662. The van der Waals surface area contributed by atoms with Crippen LogP contribution in [-0.4, -0.2) is 53.4 Å². The summed E-state index contributed by atoms with van der Waals surface area (Å²) in [7, 11) is 0. The van der Waals surface area contributed by atoms with Crippen molar-refractivity contribution in [3.63, 3.8) is 0 Å². The quantitative estimate of drug-likeness (QED) is 0.662. The fraction of sp³-hybridized carbons (Fsp3) is 1.00. The molecule has 1 unspecified atom stereocenters. The fourth-order valence-corrected chi connectivity index (χ4v) is 2.00. The van der Waals surface area contributed by atoms with E-state index in [0.717, 1.165) is 0 Å². The standard InChI is InChI=1S/C9H15FO5/c1-9(2)14-6-5(4(10)3-11)13-8(12)7(6)15-9/h4-8,11-12H,3H2,1-2H3/t4-,5-,6+,7+,8?/m1/s1. The third-order valence-electron chi connectivity index (χ3n) is 2.60. The number of rotatable bonds is 2. The first-order valence-corrected chi connectivity index (χ1v) is 4.89. The van der Waals surface area contributed by atoms with E-state index in [2.05, 4.69) is 0 Å². The molecule has 2 heterocycles. The Balaban J connectivity index is 2.12. The molecule has 2 rings (SSSR count). The molecule has 0 aromatic heterocycles. The van der Waals surface area contributed by atoms with Gasteiger partial charge in [-0.1, -0.05) is 0 Å². The van der Waals surface area contributed by atoms with E-state index in [-0.39, 0.29) is 0 Å². The molecule has 2 aliphatic rings. The van der Waals surface area contributed by atoms with Crippen LogP contribution in [0.15, 0.2) is 0 Å². The number of ether oxygens (including phenoxy) is 3. The number of aliphatic hydroxyl groups is 2. The molecule has 15 heavy (non-hydrogen) atoms. The van der Waals surface area contributed by atoms with Gasteiger partial charge in [-0.25, -0.2) is 4.39 Å². The molecule has 0 aliphatic carbocycles. The van der Waals surface area contributed by atoms with E-state index in [9.17, 15) is 9.50 Å². The normalized spacial score (nSPS) is 45.4. The molecule has 2 fully saturated rings. The zero-order valence-electron chi connectivity index (χ0n) is 8.59. The number of hydrogen-bond donors (Lipinski definition) is 2. The maximum absolute atomic E-state index is 13.3. The van der Waals surface area contributed by atoms with Gasteiger partial charge in [0.2, 0.25) is 0 Å². The van der Waals surface area contributed by atoms with Gasteiger partial charge in [0.1, 0.15) is 18.3 Å². The van der Waals surface area contributed by atoms with Crippen LogP contribution in [0, 0.1) is 0 Å². The third kappa shape index (κ3) is 1.88. The highest BCUT2D eigenvalue weighted by Gasteiger charge is 2.56. The molecule has 88 valence electrons. The van der Waals surface area contributed by atoms with Gasteiger partial charge >= 0.3 is 0 Å². The van der Waals surface area contributed by atoms with Crippen molar-refractivity contribution in [3.8, 4) is 0 Å². The molecule has 0 saturated carbocycles. The minimum atomic E-state index is -1.58.